The summed E-state index contributed by atoms with van der Waals surface area (Å²) >= 11 is 2.15. The van der Waals surface area contributed by atoms with Crippen LogP contribution in [0.5, 0.6) is 0 Å². The summed E-state index contributed by atoms with van der Waals surface area (Å²) in [6, 6.07) is 8.75. The second-order valence-electron chi connectivity index (χ2n) is 3.53. The van der Waals surface area contributed by atoms with Gasteiger partial charge >= 0.3 is 0 Å². The summed E-state index contributed by atoms with van der Waals surface area (Å²) in [6.45, 7) is 2.61. The van der Waals surface area contributed by atoms with E-state index in [1.54, 1.807) is 0 Å². The molecule has 0 bridgehead atoms. The number of hydrogen-bond acceptors (Lipinski definition) is 2. The second-order valence-corrected chi connectivity index (χ2v) is 3.53. The summed E-state index contributed by atoms with van der Waals surface area (Å²) in [5.41, 5.74) is 1.03. The van der Waals surface area contributed by atoms with Crippen LogP contribution < -0.4 is 0 Å². The maximum absolute atomic E-state index is 9.62. The number of benzene rings is 1. The normalized spacial score (nSPS) is 15.1. The van der Waals surface area contributed by atoms with E-state index in [2.05, 4.69) is 40.5 Å². The molecule has 2 nitrogen and oxygen atoms in total. The van der Waals surface area contributed by atoms with Crippen LogP contribution in [0.25, 0.3) is 0 Å². The van der Waals surface area contributed by atoms with Crippen LogP contribution >= 0.6 is 22.6 Å². The maximum atomic E-state index is 9.62. The fourth-order valence-corrected chi connectivity index (χ4v) is 1.14. The van der Waals surface area contributed by atoms with Crippen molar-refractivity contribution in [1.82, 2.24) is 0 Å². The predicted octanol–water partition coefficient (Wildman–Crippen LogP) is 1.96. The Morgan fingerprint density at radius 3 is 2.47 bits per heavy atom. The number of hydrogen-bond donors (Lipinski definition) is 1. The molecule has 1 fully saturated rings. The summed E-state index contributed by atoms with van der Waals surface area (Å²) in [5, 5.41) is 9.62. The quantitative estimate of drug-likeness (QED) is 0.302. The molecule has 89 valence electrons. The van der Waals surface area contributed by atoms with Crippen molar-refractivity contribution in [2.45, 2.75) is 12.5 Å². The van der Waals surface area contributed by atoms with Gasteiger partial charge in [0.05, 0.1) is 13.2 Å². The molecular formula is C13H14IO2Y-. The van der Waals surface area contributed by atoms with Crippen molar-refractivity contribution >= 4 is 22.6 Å². The molecule has 1 aromatic carbocycles. The van der Waals surface area contributed by atoms with E-state index in [1.165, 1.54) is 0 Å². The molecule has 1 N–H and O–H groups in total. The SMILES string of the molecule is CI.Cc1[c-]cc(C#CC2(O)COC2)cc1.[Y]. The smallest absolute Gasteiger partial charge is 0.171 e. The van der Waals surface area contributed by atoms with Crippen LogP contribution in [-0.4, -0.2) is 28.9 Å². The van der Waals surface area contributed by atoms with Crippen molar-refractivity contribution in [3.63, 3.8) is 0 Å². The zero-order valence-electron chi connectivity index (χ0n) is 9.96. The van der Waals surface area contributed by atoms with E-state index in [9.17, 15) is 5.11 Å². The molecule has 0 unspecified atom stereocenters. The first-order valence-electron chi connectivity index (χ1n) is 4.87. The largest absolute Gasteiger partial charge is 0.373 e. The molecule has 0 atom stereocenters. The van der Waals surface area contributed by atoms with Crippen LogP contribution in [0.15, 0.2) is 18.2 Å². The Bertz CT molecular complexity index is 388. The minimum absolute atomic E-state index is 0. The van der Waals surface area contributed by atoms with Gasteiger partial charge in [-0.05, 0) is 4.93 Å². The number of ether oxygens (including phenoxy) is 1. The molecule has 1 radical (unpaired) electrons. The van der Waals surface area contributed by atoms with Crippen LogP contribution in [0, 0.1) is 24.8 Å². The Labute approximate surface area is 142 Å². The van der Waals surface area contributed by atoms with E-state index in [-0.39, 0.29) is 32.7 Å². The first-order chi connectivity index (χ1) is 7.68. The van der Waals surface area contributed by atoms with E-state index in [1.807, 2.05) is 30.1 Å². The Kier molecular flexibility index (Phi) is 8.87. The van der Waals surface area contributed by atoms with E-state index in [0.717, 1.165) is 11.1 Å². The number of alkyl halides is 1. The van der Waals surface area contributed by atoms with Gasteiger partial charge in [-0.15, -0.1) is 5.92 Å². The fraction of sp³-hybridized carbons (Fsp3) is 0.385. The number of halogens is 1. The molecule has 0 amide bonds. The van der Waals surface area contributed by atoms with Crippen LogP contribution in [0.1, 0.15) is 11.1 Å². The first-order valence-corrected chi connectivity index (χ1v) is 7.03. The summed E-state index contributed by atoms with van der Waals surface area (Å²) in [7, 11) is 0. The van der Waals surface area contributed by atoms with Crippen molar-refractivity contribution in [2.75, 3.05) is 18.1 Å². The van der Waals surface area contributed by atoms with Crippen molar-refractivity contribution in [3.05, 3.63) is 35.4 Å². The molecule has 1 aliphatic rings. The molecule has 1 heterocycles. The minimum atomic E-state index is -0.926. The molecule has 1 saturated heterocycles. The van der Waals surface area contributed by atoms with Gasteiger partial charge in [-0.1, -0.05) is 41.0 Å². The zero-order chi connectivity index (χ0) is 12.0. The number of aryl methyl sites for hydroxylation is 1. The van der Waals surface area contributed by atoms with Gasteiger partial charge in [-0.25, -0.2) is 0 Å². The standard InChI is InChI=1S/C12H11O2.CH3I.Y/c1-10-2-4-11(5-3-10)6-7-12(13)8-14-9-12;1-2;/h2,4-5,13H,8-9H2,1H3;1H3;/q-1;;. The third-order valence-corrected chi connectivity index (χ3v) is 2.09. The third kappa shape index (κ3) is 5.80. The summed E-state index contributed by atoms with van der Waals surface area (Å²) in [6.07, 6.45) is 0. The molecular weight excluding hydrogens is 404 g/mol. The van der Waals surface area contributed by atoms with Gasteiger partial charge in [0.2, 0.25) is 0 Å². The van der Waals surface area contributed by atoms with Crippen LogP contribution in [0.2, 0.25) is 0 Å². The fourth-order valence-electron chi connectivity index (χ4n) is 1.14. The second kappa shape index (κ2) is 8.60. The van der Waals surface area contributed by atoms with Crippen molar-refractivity contribution in [3.8, 4) is 11.8 Å². The molecule has 0 spiro atoms. The molecule has 2 rings (SSSR count). The van der Waals surface area contributed by atoms with Crippen molar-refractivity contribution in [2.24, 2.45) is 0 Å². The molecule has 0 saturated carbocycles. The van der Waals surface area contributed by atoms with Gasteiger partial charge in [0.1, 0.15) is 0 Å². The zero-order valence-corrected chi connectivity index (χ0v) is 15.0. The molecule has 1 aromatic rings. The van der Waals surface area contributed by atoms with Gasteiger partial charge in [0.15, 0.2) is 5.60 Å². The van der Waals surface area contributed by atoms with E-state index < -0.39 is 5.60 Å². The van der Waals surface area contributed by atoms with Gasteiger partial charge in [0.25, 0.3) is 0 Å². The van der Waals surface area contributed by atoms with Gasteiger partial charge in [-0.3, -0.25) is 0 Å². The summed E-state index contributed by atoms with van der Waals surface area (Å²) in [4.78, 5) is 1.97. The maximum Gasteiger partial charge on any atom is 0.171 e. The molecule has 1 aliphatic heterocycles. The Balaban J connectivity index is 0.000000811. The average Bonchev–Trinajstić information content (AvgIpc) is 2.29. The van der Waals surface area contributed by atoms with Crippen molar-refractivity contribution in [1.29, 1.82) is 0 Å². The molecule has 17 heavy (non-hydrogen) atoms. The van der Waals surface area contributed by atoms with Crippen molar-refractivity contribution < 1.29 is 42.6 Å². The van der Waals surface area contributed by atoms with Crippen LogP contribution in [0.3, 0.4) is 0 Å². The van der Waals surface area contributed by atoms with Crippen LogP contribution in [-0.2, 0) is 37.4 Å². The Morgan fingerprint density at radius 1 is 1.41 bits per heavy atom. The Morgan fingerprint density at radius 2 is 2.06 bits per heavy atom. The van der Waals surface area contributed by atoms with E-state index >= 15 is 0 Å². The number of aliphatic hydroxyl groups is 1. The third-order valence-electron chi connectivity index (χ3n) is 2.09. The monoisotopic (exact) mass is 418 g/mol. The van der Waals surface area contributed by atoms with Gasteiger partial charge in [0, 0.05) is 32.7 Å². The first kappa shape index (κ1) is 17.5. The number of rotatable bonds is 0. The molecule has 4 heteroatoms. The van der Waals surface area contributed by atoms with E-state index in [0.29, 0.717) is 13.2 Å². The topological polar surface area (TPSA) is 29.5 Å². The summed E-state index contributed by atoms with van der Waals surface area (Å²) in [5.74, 6) is 5.69. The average molecular weight is 418 g/mol. The molecule has 0 aromatic heterocycles. The Hall–Kier alpha value is 0.534. The van der Waals surface area contributed by atoms with Gasteiger partial charge in [-0.2, -0.15) is 29.8 Å². The predicted molar refractivity (Wildman–Crippen MR) is 72.6 cm³/mol. The minimum Gasteiger partial charge on any atom is -0.373 e. The van der Waals surface area contributed by atoms with E-state index in [4.69, 9.17) is 4.74 Å². The van der Waals surface area contributed by atoms with Gasteiger partial charge < -0.3 is 9.84 Å². The summed E-state index contributed by atoms with van der Waals surface area (Å²) < 4.78 is 4.89. The molecule has 0 aliphatic carbocycles. The van der Waals surface area contributed by atoms with Crippen LogP contribution in [0.4, 0.5) is 0 Å².